The summed E-state index contributed by atoms with van der Waals surface area (Å²) < 4.78 is 66.7. The topological polar surface area (TPSA) is 12.9 Å². The summed E-state index contributed by atoms with van der Waals surface area (Å²) in [6.07, 6.45) is -0.964. The summed E-state index contributed by atoms with van der Waals surface area (Å²) in [7, 11) is 0. The first-order valence-corrected chi connectivity index (χ1v) is 9.81. The van der Waals surface area contributed by atoms with Crippen molar-refractivity contribution in [2.24, 2.45) is 0 Å². The molecule has 30 heavy (non-hydrogen) atoms. The molecule has 0 saturated carbocycles. The van der Waals surface area contributed by atoms with Crippen molar-refractivity contribution in [2.75, 3.05) is 0 Å². The first kappa shape index (κ1) is 22.2. The first-order valence-electron chi connectivity index (χ1n) is 9.43. The maximum Gasteiger partial charge on any atom is 0.416 e. The number of halogens is 6. The molecule has 0 aliphatic heterocycles. The van der Waals surface area contributed by atoms with Gasteiger partial charge in [0.15, 0.2) is 0 Å². The summed E-state index contributed by atoms with van der Waals surface area (Å²) in [4.78, 5) is 4.22. The average Bonchev–Trinajstić information content (AvgIpc) is 2.69. The Morgan fingerprint density at radius 3 is 2.27 bits per heavy atom. The Balaban J connectivity index is 1.82. The fourth-order valence-electron chi connectivity index (χ4n) is 3.39. The lowest BCUT2D eigenvalue weighted by molar-refractivity contribution is -0.137. The number of pyridine rings is 1. The van der Waals surface area contributed by atoms with Gasteiger partial charge in [0.2, 0.25) is 0 Å². The Hall–Kier alpha value is -2.47. The Labute approximate surface area is 176 Å². The minimum Gasteiger partial charge on any atom is -0.260 e. The number of hydrogen-bond donors (Lipinski definition) is 0. The molecule has 0 aliphatic carbocycles. The van der Waals surface area contributed by atoms with Gasteiger partial charge in [0.25, 0.3) is 0 Å². The Morgan fingerprint density at radius 1 is 0.900 bits per heavy atom. The number of nitrogens with zero attached hydrogens (tertiary/aromatic N) is 1. The molecule has 1 heterocycles. The number of alkyl halides is 3. The van der Waals surface area contributed by atoms with Crippen molar-refractivity contribution < 1.29 is 22.0 Å². The number of aromatic nitrogens is 1. The predicted octanol–water partition coefficient (Wildman–Crippen LogP) is 7.38. The van der Waals surface area contributed by atoms with Gasteiger partial charge in [0.1, 0.15) is 11.6 Å². The molecule has 0 fully saturated rings. The largest absolute Gasteiger partial charge is 0.416 e. The maximum absolute atomic E-state index is 14.0. The molecule has 2 aromatic carbocycles. The molecule has 0 unspecified atom stereocenters. The summed E-state index contributed by atoms with van der Waals surface area (Å²) in [6.45, 7) is 0. The predicted molar refractivity (Wildman–Crippen MR) is 106 cm³/mol. The Bertz CT molecular complexity index is 968. The SMILES string of the molecule is Fc1ccc(C[C@H](CCCc2ccc(Cl)cn2)c2cc(F)cc(C(F)(F)F)c2)cc1. The van der Waals surface area contributed by atoms with Crippen LogP contribution in [0.1, 0.15) is 41.1 Å². The third-order valence-corrected chi connectivity index (χ3v) is 5.11. The van der Waals surface area contributed by atoms with Crippen molar-refractivity contribution in [2.45, 2.75) is 37.8 Å². The summed E-state index contributed by atoms with van der Waals surface area (Å²) >= 11 is 5.83. The number of aryl methyl sites for hydroxylation is 1. The molecule has 0 spiro atoms. The highest BCUT2D eigenvalue weighted by molar-refractivity contribution is 6.30. The molecule has 0 amide bonds. The normalized spacial score (nSPS) is 12.7. The molecule has 7 heteroatoms. The lowest BCUT2D eigenvalue weighted by atomic mass is 9.86. The van der Waals surface area contributed by atoms with E-state index in [-0.39, 0.29) is 11.5 Å². The van der Waals surface area contributed by atoms with Crippen LogP contribution in [0.3, 0.4) is 0 Å². The molecule has 0 bridgehead atoms. The molecule has 1 aromatic heterocycles. The van der Waals surface area contributed by atoms with Gasteiger partial charge in [-0.05, 0) is 85.2 Å². The molecule has 0 radical (unpaired) electrons. The van der Waals surface area contributed by atoms with E-state index in [1.807, 2.05) is 0 Å². The van der Waals surface area contributed by atoms with Crippen LogP contribution < -0.4 is 0 Å². The highest BCUT2D eigenvalue weighted by Crippen LogP contribution is 2.34. The van der Waals surface area contributed by atoms with Gasteiger partial charge >= 0.3 is 6.18 Å². The highest BCUT2D eigenvalue weighted by atomic mass is 35.5. The van der Waals surface area contributed by atoms with Gasteiger partial charge in [-0.15, -0.1) is 0 Å². The van der Waals surface area contributed by atoms with Gasteiger partial charge in [0, 0.05) is 11.9 Å². The van der Waals surface area contributed by atoms with Crippen LogP contribution in [0.2, 0.25) is 5.02 Å². The monoisotopic (exact) mass is 439 g/mol. The smallest absolute Gasteiger partial charge is 0.260 e. The van der Waals surface area contributed by atoms with E-state index in [0.717, 1.165) is 23.4 Å². The van der Waals surface area contributed by atoms with E-state index in [1.165, 1.54) is 18.3 Å². The van der Waals surface area contributed by atoms with Gasteiger partial charge in [0.05, 0.1) is 10.6 Å². The third kappa shape index (κ3) is 6.26. The van der Waals surface area contributed by atoms with E-state index < -0.39 is 23.4 Å². The van der Waals surface area contributed by atoms with Crippen LogP contribution in [-0.4, -0.2) is 4.98 Å². The zero-order chi connectivity index (χ0) is 21.7. The summed E-state index contributed by atoms with van der Waals surface area (Å²) in [5.74, 6) is -1.68. The van der Waals surface area contributed by atoms with Crippen LogP contribution in [-0.2, 0) is 19.0 Å². The summed E-state index contributed by atoms with van der Waals surface area (Å²) in [5.41, 5.74) is 0.843. The lowest BCUT2D eigenvalue weighted by Crippen LogP contribution is -2.10. The molecule has 158 valence electrons. The van der Waals surface area contributed by atoms with Crippen LogP contribution >= 0.6 is 11.6 Å². The fourth-order valence-corrected chi connectivity index (χ4v) is 3.50. The second-order valence-electron chi connectivity index (χ2n) is 7.16. The van der Waals surface area contributed by atoms with Crippen LogP contribution in [0.15, 0.2) is 60.8 Å². The van der Waals surface area contributed by atoms with Crippen molar-refractivity contribution in [3.05, 3.63) is 99.8 Å². The Morgan fingerprint density at radius 2 is 1.63 bits per heavy atom. The molecular formula is C23H19ClF5N. The summed E-state index contributed by atoms with van der Waals surface area (Å²) in [6, 6.07) is 11.9. The van der Waals surface area contributed by atoms with Crippen LogP contribution in [0.5, 0.6) is 0 Å². The number of hydrogen-bond acceptors (Lipinski definition) is 1. The molecule has 1 atom stereocenters. The number of rotatable bonds is 7. The molecule has 0 aliphatic rings. The molecule has 1 nitrogen and oxygen atoms in total. The van der Waals surface area contributed by atoms with Gasteiger partial charge < -0.3 is 0 Å². The average molecular weight is 440 g/mol. The standard InChI is InChI=1S/C23H19ClF5N/c24-19-6-9-22(30-14-19)3-1-2-16(10-15-4-7-20(25)8-5-15)17-11-18(23(27,28)29)13-21(26)12-17/h4-9,11-14,16H,1-3,10H2/t16-/m0/s1. The number of benzene rings is 2. The molecular weight excluding hydrogens is 421 g/mol. The van der Waals surface area contributed by atoms with Crippen LogP contribution in [0.4, 0.5) is 22.0 Å². The van der Waals surface area contributed by atoms with Crippen molar-refractivity contribution >= 4 is 11.6 Å². The van der Waals surface area contributed by atoms with Gasteiger partial charge in [-0.3, -0.25) is 4.98 Å². The van der Waals surface area contributed by atoms with E-state index in [4.69, 9.17) is 11.6 Å². The van der Waals surface area contributed by atoms with Crippen LogP contribution in [0, 0.1) is 11.6 Å². The third-order valence-electron chi connectivity index (χ3n) is 4.89. The van der Waals surface area contributed by atoms with Crippen molar-refractivity contribution in [1.82, 2.24) is 4.98 Å². The van der Waals surface area contributed by atoms with E-state index >= 15 is 0 Å². The minimum absolute atomic E-state index is 0.274. The van der Waals surface area contributed by atoms with E-state index in [9.17, 15) is 22.0 Å². The Kier molecular flexibility index (Phi) is 7.08. The maximum atomic E-state index is 14.0. The highest BCUT2D eigenvalue weighted by Gasteiger charge is 2.32. The molecule has 3 aromatic rings. The van der Waals surface area contributed by atoms with Gasteiger partial charge in [-0.1, -0.05) is 23.7 Å². The second kappa shape index (κ2) is 9.56. The quantitative estimate of drug-likeness (QED) is 0.350. The van der Waals surface area contributed by atoms with E-state index in [2.05, 4.69) is 4.98 Å². The molecule has 0 saturated heterocycles. The van der Waals surface area contributed by atoms with Gasteiger partial charge in [-0.2, -0.15) is 13.2 Å². The van der Waals surface area contributed by atoms with Crippen LogP contribution in [0.25, 0.3) is 0 Å². The zero-order valence-electron chi connectivity index (χ0n) is 15.9. The van der Waals surface area contributed by atoms with Crippen molar-refractivity contribution in [1.29, 1.82) is 0 Å². The van der Waals surface area contributed by atoms with Crippen molar-refractivity contribution in [3.63, 3.8) is 0 Å². The fraction of sp³-hybridized carbons (Fsp3) is 0.261. The van der Waals surface area contributed by atoms with E-state index in [1.54, 1.807) is 24.3 Å². The minimum atomic E-state index is -4.63. The second-order valence-corrected chi connectivity index (χ2v) is 7.59. The molecule has 3 rings (SSSR count). The first-order chi connectivity index (χ1) is 14.2. The lowest BCUT2D eigenvalue weighted by Gasteiger charge is -2.19. The van der Waals surface area contributed by atoms with Crippen molar-refractivity contribution in [3.8, 4) is 0 Å². The zero-order valence-corrected chi connectivity index (χ0v) is 16.7. The summed E-state index contributed by atoms with van der Waals surface area (Å²) in [5, 5.41) is 0.521. The van der Waals surface area contributed by atoms with Gasteiger partial charge in [-0.25, -0.2) is 8.78 Å². The van der Waals surface area contributed by atoms with E-state index in [0.29, 0.717) is 36.8 Å². The molecule has 0 N–H and O–H groups in total.